The number of nitro groups is 1. The summed E-state index contributed by atoms with van der Waals surface area (Å²) in [5.74, 6) is -1.53. The number of nitrogens with one attached hydrogen (secondary N) is 1. The average molecular weight is 588 g/mol. The summed E-state index contributed by atoms with van der Waals surface area (Å²) in [6.45, 7) is 12.2. The Hall–Kier alpha value is -2.96. The van der Waals surface area contributed by atoms with Gasteiger partial charge in [-0.1, -0.05) is 39.5 Å². The van der Waals surface area contributed by atoms with Gasteiger partial charge in [-0.15, -0.1) is 0 Å². The summed E-state index contributed by atoms with van der Waals surface area (Å²) >= 11 is 1.34. The summed E-state index contributed by atoms with van der Waals surface area (Å²) in [4.78, 5) is 52.6. The van der Waals surface area contributed by atoms with Crippen molar-refractivity contribution in [2.24, 2.45) is 11.8 Å². The molecule has 12 heteroatoms. The van der Waals surface area contributed by atoms with Crippen LogP contribution >= 0.6 is 11.8 Å². The molecule has 10 nitrogen and oxygen atoms in total. The van der Waals surface area contributed by atoms with E-state index < -0.39 is 19.2 Å². The number of carbonyl (C=O) groups is 3. The molecule has 1 fully saturated rings. The number of hydrogen-bond donors (Lipinski definition) is 1. The molecule has 4 rings (SSSR count). The molecule has 216 valence electrons. The highest BCUT2D eigenvalue weighted by atomic mass is 32.2. The first-order valence-electron chi connectivity index (χ1n) is 13.8. The van der Waals surface area contributed by atoms with Gasteiger partial charge in [-0.2, -0.15) is 0 Å². The smallest absolute Gasteiger partial charge is 0.356 e. The molecule has 0 saturated carbocycles. The fraction of sp³-hybridized carbons (Fsp3) is 0.536. The van der Waals surface area contributed by atoms with Crippen LogP contribution in [0.3, 0.4) is 0 Å². The molecule has 3 aliphatic rings. The number of esters is 1. The summed E-state index contributed by atoms with van der Waals surface area (Å²) in [5.41, 5.74) is 0.740. The summed E-state index contributed by atoms with van der Waals surface area (Å²) in [5, 5.41) is 13.8. The van der Waals surface area contributed by atoms with Crippen molar-refractivity contribution in [3.8, 4) is 0 Å². The lowest BCUT2D eigenvalue weighted by Gasteiger charge is -2.49. The van der Waals surface area contributed by atoms with Gasteiger partial charge in [0.15, 0.2) is 8.32 Å². The van der Waals surface area contributed by atoms with Crippen LogP contribution in [0.1, 0.15) is 47.1 Å². The number of fused-ring (bicyclic) bond motifs is 1. The van der Waals surface area contributed by atoms with E-state index in [1.54, 1.807) is 4.90 Å². The molecule has 2 amide bonds. The Morgan fingerprint density at radius 2 is 1.77 bits per heavy atom. The Labute approximate surface area is 239 Å². The standard InChI is InChI=1S/C28H37N3O7SSi/c1-7-40(8-2,9-3)38-18(6)23-24-16(4)26(39-21-14-22(32)29-17(21)5)25(30(24)27(23)33)28(34)37-15-19-10-12-20(13-11-19)31(35)36/h10-14,16-18,23-24H,7-9,15H2,1-6H3,(H,29,32)/t16-,17+,18-,23-,24-/m1/s1. The molecular weight excluding hydrogens is 550 g/mol. The summed E-state index contributed by atoms with van der Waals surface area (Å²) in [6, 6.07) is 8.25. The summed E-state index contributed by atoms with van der Waals surface area (Å²) in [7, 11) is -1.96. The second-order valence-corrected chi connectivity index (χ2v) is 16.5. The van der Waals surface area contributed by atoms with Crippen LogP contribution in [-0.2, 0) is 30.2 Å². The number of thioether (sulfide) groups is 1. The number of benzene rings is 1. The fourth-order valence-electron chi connectivity index (χ4n) is 5.86. The number of non-ortho nitro benzene ring substituents is 1. The van der Waals surface area contributed by atoms with E-state index in [9.17, 15) is 24.5 Å². The van der Waals surface area contributed by atoms with Crippen LogP contribution in [0.5, 0.6) is 0 Å². The molecule has 3 heterocycles. The first kappa shape index (κ1) is 30.0. The van der Waals surface area contributed by atoms with Gasteiger partial charge in [0, 0.05) is 33.9 Å². The van der Waals surface area contributed by atoms with Crippen molar-refractivity contribution in [3.63, 3.8) is 0 Å². The van der Waals surface area contributed by atoms with Crippen molar-refractivity contribution in [2.45, 2.75) is 84.5 Å². The molecular formula is C28H37N3O7SSi. The number of rotatable bonds is 12. The number of ether oxygens (including phenoxy) is 1. The number of amides is 2. The quantitative estimate of drug-likeness (QED) is 0.121. The van der Waals surface area contributed by atoms with Crippen molar-refractivity contribution >= 4 is 43.6 Å². The normalized spacial score (nSPS) is 24.9. The Balaban J connectivity index is 1.59. The summed E-state index contributed by atoms with van der Waals surface area (Å²) in [6.07, 6.45) is 1.25. The van der Waals surface area contributed by atoms with Crippen molar-refractivity contribution in [1.29, 1.82) is 0 Å². The zero-order valence-electron chi connectivity index (χ0n) is 23.8. The van der Waals surface area contributed by atoms with Crippen molar-refractivity contribution < 1.29 is 28.5 Å². The van der Waals surface area contributed by atoms with E-state index in [1.165, 1.54) is 42.1 Å². The van der Waals surface area contributed by atoms with Crippen LogP contribution in [0.4, 0.5) is 5.69 Å². The predicted octanol–water partition coefficient (Wildman–Crippen LogP) is 4.87. The first-order chi connectivity index (χ1) is 19.0. The number of carbonyl (C=O) groups excluding carboxylic acids is 3. The molecule has 0 aliphatic carbocycles. The zero-order chi connectivity index (χ0) is 29.4. The number of nitrogens with zero attached hydrogens (tertiary/aromatic N) is 2. The van der Waals surface area contributed by atoms with Gasteiger partial charge in [0.05, 0.1) is 29.0 Å². The molecule has 0 bridgehead atoms. The van der Waals surface area contributed by atoms with E-state index in [0.29, 0.717) is 10.5 Å². The monoisotopic (exact) mass is 587 g/mol. The van der Waals surface area contributed by atoms with Crippen LogP contribution in [0.25, 0.3) is 0 Å². The molecule has 0 aromatic heterocycles. The third kappa shape index (κ3) is 5.48. The largest absolute Gasteiger partial charge is 0.456 e. The SMILES string of the molecule is CC[Si](CC)(CC)O[C@H](C)[C@H]1C(=O)N2C(C(=O)OCc3ccc([N+](=O)[O-])cc3)=C(SC3=CC(=O)N[C@H]3C)[C@H](C)[C@H]12. The third-order valence-corrected chi connectivity index (χ3v) is 14.7. The number of hydrogen-bond acceptors (Lipinski definition) is 8. The highest BCUT2D eigenvalue weighted by Gasteiger charge is 2.61. The van der Waals surface area contributed by atoms with Crippen molar-refractivity contribution in [2.75, 3.05) is 0 Å². The van der Waals surface area contributed by atoms with Gasteiger partial charge in [-0.05, 0) is 49.7 Å². The zero-order valence-corrected chi connectivity index (χ0v) is 25.6. The predicted molar refractivity (Wildman–Crippen MR) is 154 cm³/mol. The van der Waals surface area contributed by atoms with Gasteiger partial charge < -0.3 is 19.4 Å². The maximum Gasteiger partial charge on any atom is 0.356 e. The molecule has 1 aromatic carbocycles. The van der Waals surface area contributed by atoms with E-state index in [0.717, 1.165) is 23.0 Å². The Morgan fingerprint density at radius 1 is 1.15 bits per heavy atom. The lowest BCUT2D eigenvalue weighted by atomic mass is 9.79. The second kappa shape index (κ2) is 11.9. The third-order valence-electron chi connectivity index (χ3n) is 8.46. The number of β-lactam (4-membered cyclic amide) rings is 1. The van der Waals surface area contributed by atoms with Crippen molar-refractivity contribution in [1.82, 2.24) is 10.2 Å². The minimum atomic E-state index is -1.96. The van der Waals surface area contributed by atoms with Crippen LogP contribution in [0.15, 0.2) is 45.8 Å². The van der Waals surface area contributed by atoms with Crippen LogP contribution in [0, 0.1) is 22.0 Å². The maximum atomic E-state index is 13.6. The highest BCUT2D eigenvalue weighted by Crippen LogP contribution is 2.53. The number of nitro benzene ring substituents is 1. The second-order valence-electron chi connectivity index (χ2n) is 10.7. The lowest BCUT2D eigenvalue weighted by molar-refractivity contribution is -0.384. The van der Waals surface area contributed by atoms with Gasteiger partial charge in [0.25, 0.3) is 5.69 Å². The maximum absolute atomic E-state index is 13.6. The molecule has 1 saturated heterocycles. The van der Waals surface area contributed by atoms with Gasteiger partial charge in [-0.25, -0.2) is 4.79 Å². The van der Waals surface area contributed by atoms with Gasteiger partial charge in [-0.3, -0.25) is 19.7 Å². The molecule has 1 N–H and O–H groups in total. The van der Waals surface area contributed by atoms with E-state index in [2.05, 4.69) is 26.1 Å². The minimum Gasteiger partial charge on any atom is -0.456 e. The van der Waals surface area contributed by atoms with Crippen LogP contribution in [-0.4, -0.2) is 54.1 Å². The van der Waals surface area contributed by atoms with Crippen molar-refractivity contribution in [3.05, 3.63) is 61.5 Å². The van der Waals surface area contributed by atoms with Gasteiger partial charge in [0.2, 0.25) is 11.8 Å². The Kier molecular flexibility index (Phi) is 8.91. The molecule has 0 radical (unpaired) electrons. The Bertz CT molecular complexity index is 1250. The highest BCUT2D eigenvalue weighted by molar-refractivity contribution is 8.06. The molecule has 40 heavy (non-hydrogen) atoms. The first-order valence-corrected chi connectivity index (χ1v) is 17.2. The fourth-order valence-corrected chi connectivity index (χ4v) is 10.1. The molecule has 1 aromatic rings. The van der Waals surface area contributed by atoms with Gasteiger partial charge in [0.1, 0.15) is 12.3 Å². The van der Waals surface area contributed by atoms with E-state index in [1.807, 2.05) is 20.8 Å². The minimum absolute atomic E-state index is 0.0547. The lowest BCUT2D eigenvalue weighted by Crippen LogP contribution is -2.65. The topological polar surface area (TPSA) is 128 Å². The summed E-state index contributed by atoms with van der Waals surface area (Å²) < 4.78 is 12.3. The molecule has 0 unspecified atom stereocenters. The molecule has 0 spiro atoms. The Morgan fingerprint density at radius 3 is 2.30 bits per heavy atom. The van der Waals surface area contributed by atoms with E-state index in [4.69, 9.17) is 9.16 Å². The molecule has 5 atom stereocenters. The van der Waals surface area contributed by atoms with Gasteiger partial charge >= 0.3 is 5.97 Å². The van der Waals surface area contributed by atoms with Crippen LogP contribution in [0.2, 0.25) is 18.1 Å². The average Bonchev–Trinajstić information content (AvgIpc) is 3.38. The molecule has 3 aliphatic heterocycles. The van der Waals surface area contributed by atoms with E-state index >= 15 is 0 Å². The van der Waals surface area contributed by atoms with E-state index in [-0.39, 0.29) is 59.8 Å². The van der Waals surface area contributed by atoms with Crippen LogP contribution < -0.4 is 5.32 Å².